The fraction of sp³-hybridized carbons (Fsp3) is 0.211. The molecule has 1 aromatic heterocycles. The molecule has 0 aliphatic heterocycles. The molecular formula is C19H19N3O4S. The number of hydrogen-bond acceptors (Lipinski definition) is 6. The Morgan fingerprint density at radius 1 is 1.07 bits per heavy atom. The lowest BCUT2D eigenvalue weighted by atomic mass is 10.2. The van der Waals surface area contributed by atoms with E-state index in [9.17, 15) is 9.59 Å². The van der Waals surface area contributed by atoms with Crippen LogP contribution >= 0.6 is 11.3 Å². The second-order valence-corrected chi connectivity index (χ2v) is 6.49. The van der Waals surface area contributed by atoms with Crippen LogP contribution in [0, 0.1) is 0 Å². The molecule has 0 aliphatic rings. The number of nitrogens with zero attached hydrogens (tertiary/aromatic N) is 1. The van der Waals surface area contributed by atoms with Crippen LogP contribution in [0.3, 0.4) is 0 Å². The first-order valence-corrected chi connectivity index (χ1v) is 9.29. The number of carbonyl (C=O) groups is 2. The van der Waals surface area contributed by atoms with Gasteiger partial charge in [0.25, 0.3) is 5.91 Å². The first-order chi connectivity index (χ1) is 13.1. The number of thiazole rings is 1. The Kier molecular flexibility index (Phi) is 5.87. The van der Waals surface area contributed by atoms with Gasteiger partial charge in [0.05, 0.1) is 23.4 Å². The Hall–Kier alpha value is -3.13. The molecule has 3 aromatic rings. The second kappa shape index (κ2) is 8.50. The lowest BCUT2D eigenvalue weighted by molar-refractivity contribution is 0.102. The van der Waals surface area contributed by atoms with Gasteiger partial charge in [0.15, 0.2) is 5.13 Å². The summed E-state index contributed by atoms with van der Waals surface area (Å²) in [6.45, 7) is 4.50. The molecule has 1 heterocycles. The largest absolute Gasteiger partial charge is 0.494 e. The number of aromatic nitrogens is 1. The van der Waals surface area contributed by atoms with Crippen LogP contribution in [-0.4, -0.2) is 30.2 Å². The fourth-order valence-electron chi connectivity index (χ4n) is 2.41. The molecule has 0 fully saturated rings. The maximum Gasteiger partial charge on any atom is 0.411 e. The van der Waals surface area contributed by atoms with E-state index in [4.69, 9.17) is 9.47 Å². The highest BCUT2D eigenvalue weighted by Crippen LogP contribution is 2.29. The van der Waals surface area contributed by atoms with E-state index >= 15 is 0 Å². The summed E-state index contributed by atoms with van der Waals surface area (Å²) in [6.07, 6.45) is -0.564. The predicted octanol–water partition coefficient (Wildman–Crippen LogP) is 4.52. The van der Waals surface area contributed by atoms with Crippen LogP contribution in [0.2, 0.25) is 0 Å². The first-order valence-electron chi connectivity index (χ1n) is 8.47. The molecule has 0 saturated carbocycles. The third kappa shape index (κ3) is 4.73. The highest BCUT2D eigenvalue weighted by Gasteiger charge is 2.12. The summed E-state index contributed by atoms with van der Waals surface area (Å²) >= 11 is 1.37. The quantitative estimate of drug-likeness (QED) is 0.651. The molecule has 8 heteroatoms. The minimum atomic E-state index is -0.564. The van der Waals surface area contributed by atoms with Gasteiger partial charge in [-0.3, -0.25) is 15.4 Å². The van der Waals surface area contributed by atoms with E-state index in [0.717, 1.165) is 16.0 Å². The Morgan fingerprint density at radius 3 is 2.70 bits per heavy atom. The lowest BCUT2D eigenvalue weighted by Gasteiger charge is -2.07. The third-order valence-corrected chi connectivity index (χ3v) is 4.47. The van der Waals surface area contributed by atoms with Crippen LogP contribution in [-0.2, 0) is 4.74 Å². The number of anilines is 2. The van der Waals surface area contributed by atoms with Crippen molar-refractivity contribution in [1.82, 2.24) is 4.98 Å². The summed E-state index contributed by atoms with van der Waals surface area (Å²) in [5.74, 6) is 0.455. The summed E-state index contributed by atoms with van der Waals surface area (Å²) < 4.78 is 11.2. The van der Waals surface area contributed by atoms with E-state index in [1.165, 1.54) is 11.3 Å². The summed E-state index contributed by atoms with van der Waals surface area (Å²) in [5.41, 5.74) is 1.67. The van der Waals surface area contributed by atoms with Crippen molar-refractivity contribution >= 4 is 44.4 Å². The minimum absolute atomic E-state index is 0.272. The maximum absolute atomic E-state index is 12.5. The van der Waals surface area contributed by atoms with Crippen molar-refractivity contribution < 1.29 is 19.1 Å². The molecule has 3 rings (SSSR count). The number of carbonyl (C=O) groups excluding carboxylic acids is 2. The standard InChI is InChI=1S/C19H19N3O4S/c1-3-25-14-8-9-15-16(11-14)27-18(21-15)22-17(23)12-6-5-7-13(10-12)20-19(24)26-4-2/h5-11H,3-4H2,1-2H3,(H,20,24)(H,21,22,23). The van der Waals surface area contributed by atoms with E-state index in [2.05, 4.69) is 15.6 Å². The average Bonchev–Trinajstić information content (AvgIpc) is 3.04. The van der Waals surface area contributed by atoms with Crippen molar-refractivity contribution in [3.8, 4) is 5.75 Å². The van der Waals surface area contributed by atoms with Gasteiger partial charge < -0.3 is 9.47 Å². The van der Waals surface area contributed by atoms with E-state index in [-0.39, 0.29) is 12.5 Å². The van der Waals surface area contributed by atoms with Gasteiger partial charge in [-0.05, 0) is 50.2 Å². The van der Waals surface area contributed by atoms with Gasteiger partial charge in [0.2, 0.25) is 0 Å². The highest BCUT2D eigenvalue weighted by atomic mass is 32.1. The van der Waals surface area contributed by atoms with Crippen molar-refractivity contribution in [2.75, 3.05) is 23.8 Å². The normalized spacial score (nSPS) is 10.4. The van der Waals surface area contributed by atoms with Gasteiger partial charge >= 0.3 is 6.09 Å². The first kappa shape index (κ1) is 18.7. The van der Waals surface area contributed by atoms with Gasteiger partial charge in [-0.1, -0.05) is 17.4 Å². The number of ether oxygens (including phenoxy) is 2. The van der Waals surface area contributed by atoms with Gasteiger partial charge in [0, 0.05) is 11.3 Å². The Balaban J connectivity index is 1.73. The molecule has 0 aliphatic carbocycles. The van der Waals surface area contributed by atoms with Crippen molar-refractivity contribution in [1.29, 1.82) is 0 Å². The van der Waals surface area contributed by atoms with E-state index in [1.54, 1.807) is 31.2 Å². The molecule has 0 bridgehead atoms. The lowest BCUT2D eigenvalue weighted by Crippen LogP contribution is -2.15. The van der Waals surface area contributed by atoms with Gasteiger partial charge in [-0.15, -0.1) is 0 Å². The Labute approximate surface area is 160 Å². The molecule has 2 N–H and O–H groups in total. The van der Waals surface area contributed by atoms with Gasteiger partial charge in [0.1, 0.15) is 5.75 Å². The molecule has 7 nitrogen and oxygen atoms in total. The van der Waals surface area contributed by atoms with Crippen LogP contribution in [0.15, 0.2) is 42.5 Å². The van der Waals surface area contributed by atoms with Crippen molar-refractivity contribution in [2.45, 2.75) is 13.8 Å². The molecule has 0 radical (unpaired) electrons. The van der Waals surface area contributed by atoms with Crippen LogP contribution in [0.5, 0.6) is 5.75 Å². The zero-order valence-electron chi connectivity index (χ0n) is 14.9. The molecule has 0 saturated heterocycles. The molecule has 140 valence electrons. The average molecular weight is 385 g/mol. The summed E-state index contributed by atoms with van der Waals surface area (Å²) in [7, 11) is 0. The monoisotopic (exact) mass is 385 g/mol. The molecule has 2 amide bonds. The zero-order valence-corrected chi connectivity index (χ0v) is 15.8. The minimum Gasteiger partial charge on any atom is -0.494 e. The fourth-order valence-corrected chi connectivity index (χ4v) is 3.30. The van der Waals surface area contributed by atoms with Crippen LogP contribution in [0.4, 0.5) is 15.6 Å². The summed E-state index contributed by atoms with van der Waals surface area (Å²) in [5, 5.41) is 5.86. The molecule has 2 aromatic carbocycles. The SMILES string of the molecule is CCOC(=O)Nc1cccc(C(=O)Nc2nc3ccc(OCC)cc3s2)c1. The molecule has 0 spiro atoms. The summed E-state index contributed by atoms with van der Waals surface area (Å²) in [4.78, 5) is 28.4. The molecule has 0 unspecified atom stereocenters. The highest BCUT2D eigenvalue weighted by molar-refractivity contribution is 7.22. The number of amides is 2. The van der Waals surface area contributed by atoms with E-state index < -0.39 is 6.09 Å². The van der Waals surface area contributed by atoms with Gasteiger partial charge in [-0.2, -0.15) is 0 Å². The number of benzene rings is 2. The zero-order chi connectivity index (χ0) is 19.2. The number of rotatable bonds is 6. The van der Waals surface area contributed by atoms with Crippen molar-refractivity contribution in [3.05, 3.63) is 48.0 Å². The van der Waals surface area contributed by atoms with Gasteiger partial charge in [-0.25, -0.2) is 9.78 Å². The topological polar surface area (TPSA) is 89.5 Å². The Morgan fingerprint density at radius 2 is 1.93 bits per heavy atom. The number of hydrogen-bond donors (Lipinski definition) is 2. The number of fused-ring (bicyclic) bond motifs is 1. The Bertz CT molecular complexity index is 970. The molecule has 27 heavy (non-hydrogen) atoms. The van der Waals surface area contributed by atoms with Crippen LogP contribution < -0.4 is 15.4 Å². The number of nitrogens with one attached hydrogen (secondary N) is 2. The molecular weight excluding hydrogens is 366 g/mol. The van der Waals surface area contributed by atoms with E-state index in [1.807, 2.05) is 25.1 Å². The molecule has 0 atom stereocenters. The van der Waals surface area contributed by atoms with Crippen molar-refractivity contribution in [2.24, 2.45) is 0 Å². The smallest absolute Gasteiger partial charge is 0.411 e. The maximum atomic E-state index is 12.5. The predicted molar refractivity (Wildman–Crippen MR) is 106 cm³/mol. The van der Waals surface area contributed by atoms with E-state index in [0.29, 0.717) is 23.0 Å². The van der Waals surface area contributed by atoms with Crippen LogP contribution in [0.25, 0.3) is 10.2 Å². The summed E-state index contributed by atoms with van der Waals surface area (Å²) in [6, 6.07) is 12.2. The second-order valence-electron chi connectivity index (χ2n) is 5.46. The van der Waals surface area contributed by atoms with Crippen molar-refractivity contribution in [3.63, 3.8) is 0 Å². The van der Waals surface area contributed by atoms with Crippen LogP contribution in [0.1, 0.15) is 24.2 Å². The third-order valence-electron chi connectivity index (χ3n) is 3.54.